The molecule has 1 atom stereocenters. The molecule has 0 N–H and O–H groups in total. The zero-order valence-electron chi connectivity index (χ0n) is 12.5. The maximum atomic E-state index is 12.6. The number of hydrogen-bond donors (Lipinski definition) is 0. The molecule has 1 aliphatic rings. The Kier molecular flexibility index (Phi) is 4.43. The van der Waals surface area contributed by atoms with Gasteiger partial charge in [0, 0.05) is 30.1 Å². The lowest BCUT2D eigenvalue weighted by molar-refractivity contribution is 0.0695. The predicted molar refractivity (Wildman–Crippen MR) is 83.0 cm³/mol. The number of hydrogen-bond acceptors (Lipinski definition) is 4. The Hall–Kier alpha value is -1.88. The molecule has 1 aliphatic heterocycles. The topological polar surface area (TPSA) is 59.2 Å². The molecule has 0 bridgehead atoms. The van der Waals surface area contributed by atoms with E-state index < -0.39 is 0 Å². The van der Waals surface area contributed by atoms with Gasteiger partial charge in [0.15, 0.2) is 5.82 Å². The molecule has 6 heteroatoms. The predicted octanol–water partition coefficient (Wildman–Crippen LogP) is 3.31. The summed E-state index contributed by atoms with van der Waals surface area (Å²) in [7, 11) is 0. The number of piperidine rings is 1. The van der Waals surface area contributed by atoms with Crippen molar-refractivity contribution in [1.82, 2.24) is 15.0 Å². The zero-order valence-corrected chi connectivity index (χ0v) is 13.2. The van der Waals surface area contributed by atoms with Crippen LogP contribution in [0.25, 0.3) is 0 Å². The van der Waals surface area contributed by atoms with Gasteiger partial charge in [0.25, 0.3) is 5.91 Å². The van der Waals surface area contributed by atoms with Gasteiger partial charge in [0.1, 0.15) is 0 Å². The van der Waals surface area contributed by atoms with Gasteiger partial charge in [-0.15, -0.1) is 0 Å². The summed E-state index contributed by atoms with van der Waals surface area (Å²) in [5, 5.41) is 4.57. The summed E-state index contributed by atoms with van der Waals surface area (Å²) < 4.78 is 5.33. The molecule has 3 rings (SSSR count). The number of benzene rings is 1. The van der Waals surface area contributed by atoms with Crippen LogP contribution in [0.2, 0.25) is 5.02 Å². The number of halogens is 1. The highest BCUT2D eigenvalue weighted by atomic mass is 35.5. The Labute approximate surface area is 134 Å². The van der Waals surface area contributed by atoms with Crippen LogP contribution in [0.1, 0.15) is 47.8 Å². The fourth-order valence-electron chi connectivity index (χ4n) is 2.72. The number of rotatable bonds is 3. The lowest BCUT2D eigenvalue weighted by Crippen LogP contribution is -2.39. The number of carbonyl (C=O) groups is 1. The molecule has 1 aromatic heterocycles. The van der Waals surface area contributed by atoms with Crippen molar-refractivity contribution >= 4 is 17.5 Å². The van der Waals surface area contributed by atoms with Crippen LogP contribution in [0.15, 0.2) is 28.8 Å². The first-order valence-corrected chi connectivity index (χ1v) is 7.92. The van der Waals surface area contributed by atoms with Gasteiger partial charge in [0.05, 0.1) is 5.92 Å². The minimum absolute atomic E-state index is 0.0246. The molecule has 2 heterocycles. The van der Waals surface area contributed by atoms with Gasteiger partial charge >= 0.3 is 0 Å². The Bertz CT molecular complexity index is 654. The Morgan fingerprint density at radius 2 is 2.18 bits per heavy atom. The summed E-state index contributed by atoms with van der Waals surface area (Å²) in [6.07, 6.45) is 2.66. The zero-order chi connectivity index (χ0) is 15.5. The van der Waals surface area contributed by atoms with E-state index in [1.54, 1.807) is 24.3 Å². The van der Waals surface area contributed by atoms with Crippen LogP contribution in [0.4, 0.5) is 0 Å². The van der Waals surface area contributed by atoms with Gasteiger partial charge < -0.3 is 9.42 Å². The molecule has 0 saturated carbocycles. The van der Waals surface area contributed by atoms with E-state index in [2.05, 4.69) is 10.1 Å². The summed E-state index contributed by atoms with van der Waals surface area (Å²) in [4.78, 5) is 18.8. The van der Waals surface area contributed by atoms with Crippen LogP contribution in [0, 0.1) is 0 Å². The van der Waals surface area contributed by atoms with Crippen LogP contribution < -0.4 is 0 Å². The molecule has 2 aromatic rings. The Morgan fingerprint density at radius 1 is 1.41 bits per heavy atom. The van der Waals surface area contributed by atoms with Gasteiger partial charge in [-0.1, -0.05) is 23.7 Å². The minimum Gasteiger partial charge on any atom is -0.339 e. The van der Waals surface area contributed by atoms with E-state index in [1.807, 2.05) is 11.8 Å². The summed E-state index contributed by atoms with van der Waals surface area (Å²) in [5.74, 6) is 1.51. The van der Waals surface area contributed by atoms with Gasteiger partial charge in [-0.3, -0.25) is 4.79 Å². The molecule has 1 aromatic carbocycles. The first-order chi connectivity index (χ1) is 10.7. The molecule has 22 heavy (non-hydrogen) atoms. The van der Waals surface area contributed by atoms with Crippen molar-refractivity contribution in [3.63, 3.8) is 0 Å². The van der Waals surface area contributed by atoms with Crippen LogP contribution in [-0.2, 0) is 6.42 Å². The van der Waals surface area contributed by atoms with E-state index >= 15 is 0 Å². The number of nitrogens with zero attached hydrogens (tertiary/aromatic N) is 3. The van der Waals surface area contributed by atoms with Crippen molar-refractivity contribution in [3.05, 3.63) is 46.6 Å². The molecule has 0 spiro atoms. The molecule has 5 nitrogen and oxygen atoms in total. The van der Waals surface area contributed by atoms with Crippen molar-refractivity contribution in [2.75, 3.05) is 13.1 Å². The SMILES string of the molecule is CCc1noc([C@@H]2CCCN(C(=O)c3ccc(Cl)cc3)C2)n1. The van der Waals surface area contributed by atoms with E-state index in [0.29, 0.717) is 23.0 Å². The number of likely N-dealkylation sites (tertiary alicyclic amines) is 1. The van der Waals surface area contributed by atoms with E-state index in [4.69, 9.17) is 16.1 Å². The van der Waals surface area contributed by atoms with Crippen molar-refractivity contribution in [3.8, 4) is 0 Å². The summed E-state index contributed by atoms with van der Waals surface area (Å²) >= 11 is 5.87. The van der Waals surface area contributed by atoms with E-state index in [-0.39, 0.29) is 11.8 Å². The van der Waals surface area contributed by atoms with E-state index in [9.17, 15) is 4.79 Å². The Balaban J connectivity index is 1.72. The van der Waals surface area contributed by atoms with Gasteiger partial charge in [-0.25, -0.2) is 0 Å². The average molecular weight is 320 g/mol. The highest BCUT2D eigenvalue weighted by Gasteiger charge is 2.28. The number of aromatic nitrogens is 2. The van der Waals surface area contributed by atoms with E-state index in [0.717, 1.165) is 31.6 Å². The van der Waals surface area contributed by atoms with Crippen LogP contribution >= 0.6 is 11.6 Å². The maximum absolute atomic E-state index is 12.6. The minimum atomic E-state index is 0.0246. The van der Waals surface area contributed by atoms with Gasteiger partial charge in [0.2, 0.25) is 5.89 Å². The Morgan fingerprint density at radius 3 is 2.86 bits per heavy atom. The third kappa shape index (κ3) is 3.14. The first kappa shape index (κ1) is 15.0. The molecular weight excluding hydrogens is 302 g/mol. The van der Waals surface area contributed by atoms with Crippen LogP contribution in [-0.4, -0.2) is 34.0 Å². The fourth-order valence-corrected chi connectivity index (χ4v) is 2.84. The third-order valence-corrected chi connectivity index (χ3v) is 4.20. The van der Waals surface area contributed by atoms with Gasteiger partial charge in [-0.05, 0) is 37.1 Å². The second-order valence-corrected chi connectivity index (χ2v) is 5.94. The number of carbonyl (C=O) groups excluding carboxylic acids is 1. The smallest absolute Gasteiger partial charge is 0.253 e. The highest BCUT2D eigenvalue weighted by Crippen LogP contribution is 2.27. The highest BCUT2D eigenvalue weighted by molar-refractivity contribution is 6.30. The quantitative estimate of drug-likeness (QED) is 0.871. The van der Waals surface area contributed by atoms with Crippen molar-refractivity contribution < 1.29 is 9.32 Å². The van der Waals surface area contributed by atoms with E-state index in [1.165, 1.54) is 0 Å². The third-order valence-electron chi connectivity index (χ3n) is 3.95. The maximum Gasteiger partial charge on any atom is 0.253 e. The second kappa shape index (κ2) is 6.48. The summed E-state index contributed by atoms with van der Waals surface area (Å²) in [6, 6.07) is 7.00. The monoisotopic (exact) mass is 319 g/mol. The van der Waals surface area contributed by atoms with Crippen molar-refractivity contribution in [2.45, 2.75) is 32.1 Å². The molecule has 0 aliphatic carbocycles. The molecular formula is C16H18ClN3O2. The van der Waals surface area contributed by atoms with Crippen molar-refractivity contribution in [1.29, 1.82) is 0 Å². The number of aryl methyl sites for hydroxylation is 1. The normalized spacial score (nSPS) is 18.5. The van der Waals surface area contributed by atoms with Crippen LogP contribution in [0.5, 0.6) is 0 Å². The number of amides is 1. The van der Waals surface area contributed by atoms with Crippen LogP contribution in [0.3, 0.4) is 0 Å². The summed E-state index contributed by atoms with van der Waals surface area (Å²) in [5.41, 5.74) is 0.657. The fraction of sp³-hybridized carbons (Fsp3) is 0.438. The molecule has 0 radical (unpaired) electrons. The standard InChI is InChI=1S/C16H18ClN3O2/c1-2-14-18-15(22-19-14)12-4-3-9-20(10-12)16(21)11-5-7-13(17)8-6-11/h5-8,12H,2-4,9-10H2,1H3/t12-/m1/s1. The summed E-state index contributed by atoms with van der Waals surface area (Å²) in [6.45, 7) is 3.37. The van der Waals surface area contributed by atoms with Gasteiger partial charge in [-0.2, -0.15) is 4.98 Å². The largest absolute Gasteiger partial charge is 0.339 e. The molecule has 1 amide bonds. The second-order valence-electron chi connectivity index (χ2n) is 5.50. The lowest BCUT2D eigenvalue weighted by Gasteiger charge is -2.31. The average Bonchev–Trinajstić information content (AvgIpc) is 3.04. The molecule has 1 fully saturated rings. The van der Waals surface area contributed by atoms with Crippen molar-refractivity contribution in [2.24, 2.45) is 0 Å². The first-order valence-electron chi connectivity index (χ1n) is 7.54. The molecule has 1 saturated heterocycles. The molecule has 0 unspecified atom stereocenters. The lowest BCUT2D eigenvalue weighted by atomic mass is 9.97. The molecule has 116 valence electrons.